The van der Waals surface area contributed by atoms with Crippen LogP contribution in [-0.4, -0.2) is 23.8 Å². The van der Waals surface area contributed by atoms with Crippen molar-refractivity contribution in [2.45, 2.75) is 71.2 Å². The highest BCUT2D eigenvalue weighted by molar-refractivity contribution is 5.66. The SMILES string of the molecule is CC(=O)O[C@@]1(C)C[C@H](C)O[C@@H]2C[C@H](C)CC[C@H]21. The van der Waals surface area contributed by atoms with Crippen LogP contribution in [-0.2, 0) is 14.3 Å². The normalized spacial score (nSPS) is 46.1. The molecule has 2 fully saturated rings. The summed E-state index contributed by atoms with van der Waals surface area (Å²) in [5.74, 6) is 0.931. The molecule has 1 saturated carbocycles. The average Bonchev–Trinajstić information content (AvgIpc) is 2.13. The lowest BCUT2D eigenvalue weighted by atomic mass is 9.69. The summed E-state index contributed by atoms with van der Waals surface area (Å²) in [5, 5.41) is 0. The second-order valence-corrected chi connectivity index (χ2v) is 6.12. The molecule has 2 rings (SSSR count). The van der Waals surface area contributed by atoms with Crippen LogP contribution >= 0.6 is 0 Å². The van der Waals surface area contributed by atoms with E-state index in [1.165, 1.54) is 13.3 Å². The van der Waals surface area contributed by atoms with Gasteiger partial charge in [-0.25, -0.2) is 0 Å². The molecule has 0 amide bonds. The first-order valence-corrected chi connectivity index (χ1v) is 6.76. The first kappa shape index (κ1) is 12.9. The summed E-state index contributed by atoms with van der Waals surface area (Å²) >= 11 is 0. The fourth-order valence-electron chi connectivity index (χ4n) is 3.69. The molecule has 0 unspecified atom stereocenters. The Morgan fingerprint density at radius 3 is 2.71 bits per heavy atom. The predicted octanol–water partition coefficient (Wildman–Crippen LogP) is 2.92. The van der Waals surface area contributed by atoms with E-state index < -0.39 is 0 Å². The molecular weight excluding hydrogens is 216 g/mol. The van der Waals surface area contributed by atoms with Crippen LogP contribution in [0.25, 0.3) is 0 Å². The van der Waals surface area contributed by atoms with Gasteiger partial charge >= 0.3 is 5.97 Å². The van der Waals surface area contributed by atoms with Gasteiger partial charge in [0.1, 0.15) is 5.60 Å². The molecule has 0 radical (unpaired) electrons. The molecule has 0 bridgehead atoms. The predicted molar refractivity (Wildman–Crippen MR) is 65.6 cm³/mol. The van der Waals surface area contributed by atoms with Gasteiger partial charge < -0.3 is 9.47 Å². The zero-order valence-corrected chi connectivity index (χ0v) is 11.4. The number of hydrogen-bond donors (Lipinski definition) is 0. The lowest BCUT2D eigenvalue weighted by Crippen LogP contribution is -2.55. The molecule has 0 aromatic heterocycles. The molecule has 17 heavy (non-hydrogen) atoms. The van der Waals surface area contributed by atoms with Gasteiger partial charge in [-0.1, -0.05) is 13.3 Å². The van der Waals surface area contributed by atoms with Crippen molar-refractivity contribution >= 4 is 5.97 Å². The minimum Gasteiger partial charge on any atom is -0.459 e. The van der Waals surface area contributed by atoms with Crippen molar-refractivity contribution in [3.8, 4) is 0 Å². The highest BCUT2D eigenvalue weighted by atomic mass is 16.6. The van der Waals surface area contributed by atoms with E-state index in [1.807, 2.05) is 0 Å². The average molecular weight is 240 g/mol. The number of ether oxygens (including phenoxy) is 2. The fourth-order valence-corrected chi connectivity index (χ4v) is 3.69. The van der Waals surface area contributed by atoms with E-state index in [-0.39, 0.29) is 23.8 Å². The van der Waals surface area contributed by atoms with Gasteiger partial charge in [0.05, 0.1) is 12.2 Å². The zero-order chi connectivity index (χ0) is 12.6. The summed E-state index contributed by atoms with van der Waals surface area (Å²) in [6, 6.07) is 0. The van der Waals surface area contributed by atoms with Crippen LogP contribution < -0.4 is 0 Å². The molecule has 1 aliphatic heterocycles. The van der Waals surface area contributed by atoms with Gasteiger partial charge in [0.2, 0.25) is 0 Å². The van der Waals surface area contributed by atoms with Gasteiger partial charge in [0.15, 0.2) is 0 Å². The quantitative estimate of drug-likeness (QED) is 0.661. The summed E-state index contributed by atoms with van der Waals surface area (Å²) in [7, 11) is 0. The van der Waals surface area contributed by atoms with Crippen LogP contribution in [0, 0.1) is 11.8 Å². The molecule has 1 aliphatic carbocycles. The molecule has 0 aromatic rings. The molecule has 1 heterocycles. The summed E-state index contributed by atoms with van der Waals surface area (Å²) in [4.78, 5) is 11.3. The van der Waals surface area contributed by atoms with Crippen molar-refractivity contribution in [2.75, 3.05) is 0 Å². The molecule has 98 valence electrons. The van der Waals surface area contributed by atoms with Crippen LogP contribution in [0.1, 0.15) is 53.4 Å². The summed E-state index contributed by atoms with van der Waals surface area (Å²) in [5.41, 5.74) is -0.325. The van der Waals surface area contributed by atoms with E-state index in [0.29, 0.717) is 5.92 Å². The summed E-state index contributed by atoms with van der Waals surface area (Å²) in [6.07, 6.45) is 4.71. The molecule has 0 aromatic carbocycles. The first-order chi connectivity index (χ1) is 7.90. The minimum absolute atomic E-state index is 0.168. The van der Waals surface area contributed by atoms with Crippen LogP contribution in [0.15, 0.2) is 0 Å². The Bertz CT molecular complexity index is 300. The van der Waals surface area contributed by atoms with Gasteiger partial charge in [0.25, 0.3) is 0 Å². The number of esters is 1. The second kappa shape index (κ2) is 4.60. The summed E-state index contributed by atoms with van der Waals surface area (Å²) in [6.45, 7) is 7.95. The Labute approximate surface area is 104 Å². The Hall–Kier alpha value is -0.570. The third kappa shape index (κ3) is 2.65. The van der Waals surface area contributed by atoms with Gasteiger partial charge in [-0.2, -0.15) is 0 Å². The highest BCUT2D eigenvalue weighted by Crippen LogP contribution is 2.45. The number of carbonyl (C=O) groups is 1. The van der Waals surface area contributed by atoms with Crippen molar-refractivity contribution in [2.24, 2.45) is 11.8 Å². The molecule has 0 N–H and O–H groups in total. The topological polar surface area (TPSA) is 35.5 Å². The molecule has 2 aliphatic rings. The number of fused-ring (bicyclic) bond motifs is 1. The Balaban J connectivity index is 2.16. The third-order valence-corrected chi connectivity index (χ3v) is 4.32. The highest BCUT2D eigenvalue weighted by Gasteiger charge is 2.49. The van der Waals surface area contributed by atoms with Crippen molar-refractivity contribution in [1.82, 2.24) is 0 Å². The third-order valence-electron chi connectivity index (χ3n) is 4.32. The van der Waals surface area contributed by atoms with E-state index in [2.05, 4.69) is 20.8 Å². The number of rotatable bonds is 1. The number of hydrogen-bond acceptors (Lipinski definition) is 3. The van der Waals surface area contributed by atoms with E-state index in [9.17, 15) is 4.79 Å². The maximum absolute atomic E-state index is 11.3. The number of carbonyl (C=O) groups excluding carboxylic acids is 1. The minimum atomic E-state index is -0.325. The van der Waals surface area contributed by atoms with Crippen LogP contribution in [0.4, 0.5) is 0 Å². The lowest BCUT2D eigenvalue weighted by Gasteiger charge is -2.50. The largest absolute Gasteiger partial charge is 0.459 e. The monoisotopic (exact) mass is 240 g/mol. The molecular formula is C14H24O3. The molecule has 3 nitrogen and oxygen atoms in total. The van der Waals surface area contributed by atoms with Crippen LogP contribution in [0.5, 0.6) is 0 Å². The standard InChI is InChI=1S/C14H24O3/c1-9-5-6-12-13(7-9)16-10(2)8-14(12,4)17-11(3)15/h9-10,12-13H,5-8H2,1-4H3/t9-,10+,12-,13-,14+/m1/s1. The molecule has 3 heteroatoms. The lowest BCUT2D eigenvalue weighted by molar-refractivity contribution is -0.212. The van der Waals surface area contributed by atoms with Crippen molar-refractivity contribution in [1.29, 1.82) is 0 Å². The van der Waals surface area contributed by atoms with E-state index in [4.69, 9.17) is 9.47 Å². The van der Waals surface area contributed by atoms with Crippen LogP contribution in [0.2, 0.25) is 0 Å². The summed E-state index contributed by atoms with van der Waals surface area (Å²) < 4.78 is 11.7. The van der Waals surface area contributed by atoms with Gasteiger partial charge in [-0.3, -0.25) is 4.79 Å². The molecule has 0 spiro atoms. The second-order valence-electron chi connectivity index (χ2n) is 6.12. The maximum atomic E-state index is 11.3. The van der Waals surface area contributed by atoms with E-state index in [0.717, 1.165) is 25.2 Å². The maximum Gasteiger partial charge on any atom is 0.303 e. The smallest absolute Gasteiger partial charge is 0.303 e. The van der Waals surface area contributed by atoms with E-state index >= 15 is 0 Å². The van der Waals surface area contributed by atoms with Gasteiger partial charge in [0, 0.05) is 19.3 Å². The molecule has 5 atom stereocenters. The molecule has 1 saturated heterocycles. The van der Waals surface area contributed by atoms with E-state index in [1.54, 1.807) is 0 Å². The van der Waals surface area contributed by atoms with Crippen LogP contribution in [0.3, 0.4) is 0 Å². The van der Waals surface area contributed by atoms with Gasteiger partial charge in [-0.15, -0.1) is 0 Å². The van der Waals surface area contributed by atoms with Crippen molar-refractivity contribution in [3.63, 3.8) is 0 Å². The Kier molecular flexibility index (Phi) is 3.48. The van der Waals surface area contributed by atoms with Crippen molar-refractivity contribution < 1.29 is 14.3 Å². The fraction of sp³-hybridized carbons (Fsp3) is 0.929. The van der Waals surface area contributed by atoms with Crippen molar-refractivity contribution in [3.05, 3.63) is 0 Å². The first-order valence-electron chi connectivity index (χ1n) is 6.76. The Morgan fingerprint density at radius 1 is 1.35 bits per heavy atom. The van der Waals surface area contributed by atoms with Gasteiger partial charge in [-0.05, 0) is 32.6 Å². The Morgan fingerprint density at radius 2 is 2.06 bits per heavy atom. The zero-order valence-electron chi connectivity index (χ0n) is 11.4.